The van der Waals surface area contributed by atoms with Crippen LogP contribution in [0.15, 0.2) is 59.4 Å². The summed E-state index contributed by atoms with van der Waals surface area (Å²) in [5, 5.41) is 20.1. The Morgan fingerprint density at radius 2 is 1.79 bits per heavy atom. The van der Waals surface area contributed by atoms with Crippen LogP contribution in [0.4, 0.5) is 0 Å². The van der Waals surface area contributed by atoms with Crippen molar-refractivity contribution in [3.8, 4) is 0 Å². The van der Waals surface area contributed by atoms with Gasteiger partial charge in [-0.2, -0.15) is 4.68 Å². The largest absolute Gasteiger partial charge is 0.480 e. The Kier molecular flexibility index (Phi) is 5.78. The van der Waals surface area contributed by atoms with Crippen LogP contribution in [0.2, 0.25) is 0 Å². The molecule has 0 radical (unpaired) electrons. The van der Waals surface area contributed by atoms with Crippen LogP contribution in [-0.2, 0) is 16.0 Å². The summed E-state index contributed by atoms with van der Waals surface area (Å²) in [6, 6.07) is 13.8. The second kappa shape index (κ2) is 8.43. The molecule has 8 heteroatoms. The lowest BCUT2D eigenvalue weighted by atomic mass is 10.0. The standard InChI is InChI=1S/C20H20N4O4/c1-2-15(20(27)28)21-18(25)17(12-13-8-4-3-5-9-13)24-19(26)14-10-6-7-11-16(14)22-23-24/h3-11,15,17H,2,12H2,1H3,(H,21,25)(H,27,28)/t15-,17+/m1/s1. The number of carbonyl (C=O) groups excluding carboxylic acids is 1. The maximum Gasteiger partial charge on any atom is 0.326 e. The van der Waals surface area contributed by atoms with E-state index in [4.69, 9.17) is 0 Å². The number of nitrogens with zero attached hydrogens (tertiary/aromatic N) is 3. The molecule has 0 aliphatic heterocycles. The van der Waals surface area contributed by atoms with Gasteiger partial charge in [0.25, 0.3) is 5.56 Å². The topological polar surface area (TPSA) is 114 Å². The van der Waals surface area contributed by atoms with Gasteiger partial charge in [-0.3, -0.25) is 9.59 Å². The highest BCUT2D eigenvalue weighted by atomic mass is 16.4. The van der Waals surface area contributed by atoms with Crippen molar-refractivity contribution in [2.24, 2.45) is 0 Å². The molecule has 2 N–H and O–H groups in total. The van der Waals surface area contributed by atoms with Gasteiger partial charge in [0.15, 0.2) is 0 Å². The summed E-state index contributed by atoms with van der Waals surface area (Å²) in [7, 11) is 0. The maximum absolute atomic E-state index is 12.9. The quantitative estimate of drug-likeness (QED) is 0.643. The number of nitrogens with one attached hydrogen (secondary N) is 1. The van der Waals surface area contributed by atoms with Gasteiger partial charge in [-0.1, -0.05) is 54.6 Å². The third-order valence-electron chi connectivity index (χ3n) is 4.48. The van der Waals surface area contributed by atoms with Gasteiger partial charge >= 0.3 is 5.97 Å². The summed E-state index contributed by atoms with van der Waals surface area (Å²) < 4.78 is 1.03. The number of carboxylic acid groups (broad SMARTS) is 1. The number of fused-ring (bicyclic) bond motifs is 1. The Morgan fingerprint density at radius 3 is 2.46 bits per heavy atom. The van der Waals surface area contributed by atoms with Crippen molar-refractivity contribution >= 4 is 22.8 Å². The minimum atomic E-state index is -1.13. The van der Waals surface area contributed by atoms with Gasteiger partial charge in [0.1, 0.15) is 17.6 Å². The molecule has 0 saturated heterocycles. The van der Waals surface area contributed by atoms with Crippen molar-refractivity contribution in [1.82, 2.24) is 20.3 Å². The highest BCUT2D eigenvalue weighted by molar-refractivity contribution is 5.86. The molecule has 1 amide bonds. The first-order valence-electron chi connectivity index (χ1n) is 8.92. The zero-order chi connectivity index (χ0) is 20.1. The normalized spacial score (nSPS) is 13.0. The lowest BCUT2D eigenvalue weighted by Crippen LogP contribution is -2.46. The third-order valence-corrected chi connectivity index (χ3v) is 4.48. The average molecular weight is 380 g/mol. The molecule has 0 spiro atoms. The molecule has 3 aromatic rings. The van der Waals surface area contributed by atoms with Crippen LogP contribution in [0.25, 0.3) is 10.9 Å². The van der Waals surface area contributed by atoms with Gasteiger partial charge in [-0.25, -0.2) is 4.79 Å². The first-order chi connectivity index (χ1) is 13.5. The lowest BCUT2D eigenvalue weighted by Gasteiger charge is -2.20. The van der Waals surface area contributed by atoms with E-state index in [2.05, 4.69) is 15.6 Å². The van der Waals surface area contributed by atoms with Crippen LogP contribution in [0, 0.1) is 0 Å². The fraction of sp³-hybridized carbons (Fsp3) is 0.250. The van der Waals surface area contributed by atoms with Crippen molar-refractivity contribution in [1.29, 1.82) is 0 Å². The van der Waals surface area contributed by atoms with E-state index in [-0.39, 0.29) is 12.8 Å². The Labute approximate surface area is 160 Å². The lowest BCUT2D eigenvalue weighted by molar-refractivity contribution is -0.142. The second-order valence-corrected chi connectivity index (χ2v) is 6.37. The molecule has 0 saturated carbocycles. The summed E-state index contributed by atoms with van der Waals surface area (Å²) in [6.45, 7) is 1.66. The number of rotatable bonds is 7. The predicted molar refractivity (Wildman–Crippen MR) is 103 cm³/mol. The van der Waals surface area contributed by atoms with Crippen molar-refractivity contribution < 1.29 is 14.7 Å². The molecule has 144 valence electrons. The summed E-state index contributed by atoms with van der Waals surface area (Å²) in [5.74, 6) is -1.73. The minimum Gasteiger partial charge on any atom is -0.480 e. The molecule has 0 aliphatic carbocycles. The molecule has 0 unspecified atom stereocenters. The molecule has 0 aliphatic rings. The fourth-order valence-electron chi connectivity index (χ4n) is 2.94. The number of carboxylic acids is 1. The third kappa shape index (κ3) is 4.06. The summed E-state index contributed by atoms with van der Waals surface area (Å²) in [5.41, 5.74) is 0.789. The monoisotopic (exact) mass is 380 g/mol. The number of aromatic nitrogens is 3. The molecule has 2 atom stereocenters. The Bertz CT molecular complexity index is 1050. The smallest absolute Gasteiger partial charge is 0.326 e. The van der Waals surface area contributed by atoms with Gasteiger partial charge in [-0.15, -0.1) is 5.10 Å². The first kappa shape index (κ1) is 19.2. The van der Waals surface area contributed by atoms with E-state index < -0.39 is 29.5 Å². The molecule has 8 nitrogen and oxygen atoms in total. The molecular formula is C20H20N4O4. The predicted octanol–water partition coefficient (Wildman–Crippen LogP) is 1.55. The molecule has 0 bridgehead atoms. The Morgan fingerprint density at radius 1 is 1.11 bits per heavy atom. The average Bonchev–Trinajstić information content (AvgIpc) is 2.71. The van der Waals surface area contributed by atoms with E-state index in [0.29, 0.717) is 10.9 Å². The van der Waals surface area contributed by atoms with Gasteiger partial charge < -0.3 is 10.4 Å². The van der Waals surface area contributed by atoms with Gasteiger partial charge in [-0.05, 0) is 24.1 Å². The van der Waals surface area contributed by atoms with Crippen molar-refractivity contribution in [2.75, 3.05) is 0 Å². The Balaban J connectivity index is 2.03. The number of aliphatic carboxylic acids is 1. The fourth-order valence-corrected chi connectivity index (χ4v) is 2.94. The maximum atomic E-state index is 12.9. The van der Waals surface area contributed by atoms with Gasteiger partial charge in [0.2, 0.25) is 5.91 Å². The summed E-state index contributed by atoms with van der Waals surface area (Å²) in [6.07, 6.45) is 0.396. The van der Waals surface area contributed by atoms with E-state index in [9.17, 15) is 19.5 Å². The minimum absolute atomic E-state index is 0.176. The van der Waals surface area contributed by atoms with Crippen molar-refractivity contribution in [3.63, 3.8) is 0 Å². The number of amides is 1. The highest BCUT2D eigenvalue weighted by Gasteiger charge is 2.28. The van der Waals surface area contributed by atoms with Crippen LogP contribution in [0.5, 0.6) is 0 Å². The number of hydrogen-bond donors (Lipinski definition) is 2. The van der Waals surface area contributed by atoms with Crippen molar-refractivity contribution in [2.45, 2.75) is 31.8 Å². The zero-order valence-corrected chi connectivity index (χ0v) is 15.3. The van der Waals surface area contributed by atoms with Crippen LogP contribution >= 0.6 is 0 Å². The number of benzene rings is 2. The van der Waals surface area contributed by atoms with Crippen LogP contribution in [0.3, 0.4) is 0 Å². The summed E-state index contributed by atoms with van der Waals surface area (Å²) >= 11 is 0. The van der Waals surface area contributed by atoms with Gasteiger partial charge in [0, 0.05) is 6.42 Å². The van der Waals surface area contributed by atoms with Crippen LogP contribution < -0.4 is 10.9 Å². The van der Waals surface area contributed by atoms with E-state index in [0.717, 1.165) is 10.2 Å². The Hall–Kier alpha value is -3.55. The molecule has 0 fully saturated rings. The molecule has 1 heterocycles. The molecular weight excluding hydrogens is 360 g/mol. The van der Waals surface area contributed by atoms with Crippen LogP contribution in [-0.4, -0.2) is 38.0 Å². The van der Waals surface area contributed by atoms with E-state index in [1.165, 1.54) is 0 Å². The summed E-state index contributed by atoms with van der Waals surface area (Å²) in [4.78, 5) is 37.1. The highest BCUT2D eigenvalue weighted by Crippen LogP contribution is 2.14. The molecule has 3 rings (SSSR count). The van der Waals surface area contributed by atoms with Gasteiger partial charge in [0.05, 0.1) is 5.39 Å². The zero-order valence-electron chi connectivity index (χ0n) is 15.3. The second-order valence-electron chi connectivity index (χ2n) is 6.37. The van der Waals surface area contributed by atoms with E-state index in [1.807, 2.05) is 30.3 Å². The van der Waals surface area contributed by atoms with Crippen LogP contribution in [0.1, 0.15) is 24.9 Å². The molecule has 28 heavy (non-hydrogen) atoms. The SMILES string of the molecule is CC[C@@H](NC(=O)[C@H](Cc1ccccc1)n1nnc2ccccc2c1=O)C(=O)O. The molecule has 1 aromatic heterocycles. The van der Waals surface area contributed by atoms with E-state index >= 15 is 0 Å². The van der Waals surface area contributed by atoms with E-state index in [1.54, 1.807) is 31.2 Å². The van der Waals surface area contributed by atoms with Crippen molar-refractivity contribution in [3.05, 3.63) is 70.5 Å². The number of carbonyl (C=O) groups is 2. The number of hydrogen-bond acceptors (Lipinski definition) is 5. The first-order valence-corrected chi connectivity index (χ1v) is 8.92. The molecule has 2 aromatic carbocycles.